The SMILES string of the molecule is Cc1ccc2nc(CCl)n(CCOC3CCCCC3)c2n1. The predicted octanol–water partition coefficient (Wildman–Crippen LogP) is 3.83. The molecule has 0 saturated heterocycles. The molecular formula is C16H22ClN3O. The molecule has 0 unspecified atom stereocenters. The molecule has 0 N–H and O–H groups in total. The number of hydrogen-bond donors (Lipinski definition) is 0. The lowest BCUT2D eigenvalue weighted by atomic mass is 9.98. The van der Waals surface area contributed by atoms with Crippen LogP contribution in [-0.4, -0.2) is 27.2 Å². The maximum Gasteiger partial charge on any atom is 0.160 e. The van der Waals surface area contributed by atoms with Crippen LogP contribution >= 0.6 is 11.6 Å². The van der Waals surface area contributed by atoms with Crippen LogP contribution in [0.2, 0.25) is 0 Å². The number of imidazole rings is 1. The van der Waals surface area contributed by atoms with Crippen LogP contribution in [0.3, 0.4) is 0 Å². The van der Waals surface area contributed by atoms with E-state index in [1.807, 2.05) is 19.1 Å². The lowest BCUT2D eigenvalue weighted by Gasteiger charge is -2.22. The molecule has 21 heavy (non-hydrogen) atoms. The van der Waals surface area contributed by atoms with Crippen molar-refractivity contribution in [2.75, 3.05) is 6.61 Å². The Labute approximate surface area is 130 Å². The summed E-state index contributed by atoms with van der Waals surface area (Å²) < 4.78 is 8.11. The fourth-order valence-electron chi connectivity index (χ4n) is 3.02. The Morgan fingerprint density at radius 3 is 2.81 bits per heavy atom. The van der Waals surface area contributed by atoms with Crippen LogP contribution in [-0.2, 0) is 17.2 Å². The van der Waals surface area contributed by atoms with Gasteiger partial charge < -0.3 is 9.30 Å². The number of hydrogen-bond acceptors (Lipinski definition) is 3. The maximum absolute atomic E-state index is 6.02. The smallest absolute Gasteiger partial charge is 0.160 e. The van der Waals surface area contributed by atoms with Crippen molar-refractivity contribution in [1.29, 1.82) is 0 Å². The van der Waals surface area contributed by atoms with Crippen LogP contribution in [0, 0.1) is 6.92 Å². The molecular weight excluding hydrogens is 286 g/mol. The first kappa shape index (κ1) is 14.8. The summed E-state index contributed by atoms with van der Waals surface area (Å²) in [4.78, 5) is 9.15. The molecule has 1 saturated carbocycles. The third-order valence-electron chi connectivity index (χ3n) is 4.15. The quantitative estimate of drug-likeness (QED) is 0.788. The normalized spacial score (nSPS) is 16.7. The molecule has 2 heterocycles. The Hall–Kier alpha value is -1.13. The molecule has 0 aromatic carbocycles. The monoisotopic (exact) mass is 307 g/mol. The highest BCUT2D eigenvalue weighted by Crippen LogP contribution is 2.21. The average molecular weight is 308 g/mol. The average Bonchev–Trinajstić information content (AvgIpc) is 2.86. The fourth-order valence-corrected chi connectivity index (χ4v) is 3.23. The van der Waals surface area contributed by atoms with E-state index < -0.39 is 0 Å². The number of rotatable bonds is 5. The lowest BCUT2D eigenvalue weighted by Crippen LogP contribution is -2.19. The van der Waals surface area contributed by atoms with Crippen LogP contribution in [0.1, 0.15) is 43.6 Å². The summed E-state index contributed by atoms with van der Waals surface area (Å²) in [5.41, 5.74) is 2.82. The van der Waals surface area contributed by atoms with E-state index in [-0.39, 0.29) is 0 Å². The van der Waals surface area contributed by atoms with Gasteiger partial charge in [0.25, 0.3) is 0 Å². The van der Waals surface area contributed by atoms with E-state index in [0.717, 1.165) is 29.2 Å². The van der Waals surface area contributed by atoms with Gasteiger partial charge >= 0.3 is 0 Å². The van der Waals surface area contributed by atoms with Crippen molar-refractivity contribution < 1.29 is 4.74 Å². The summed E-state index contributed by atoms with van der Waals surface area (Å²) in [6.07, 6.45) is 6.78. The van der Waals surface area contributed by atoms with Crippen molar-refractivity contribution in [3.05, 3.63) is 23.7 Å². The molecule has 3 rings (SSSR count). The molecule has 114 valence electrons. The van der Waals surface area contributed by atoms with Crippen LogP contribution in [0.25, 0.3) is 11.2 Å². The molecule has 0 atom stereocenters. The summed E-state index contributed by atoms with van der Waals surface area (Å²) in [5, 5.41) is 0. The van der Waals surface area contributed by atoms with Gasteiger partial charge in [-0.15, -0.1) is 11.6 Å². The molecule has 0 bridgehead atoms. The van der Waals surface area contributed by atoms with Gasteiger partial charge in [-0.1, -0.05) is 19.3 Å². The Morgan fingerprint density at radius 1 is 1.24 bits per heavy atom. The summed E-state index contributed by atoms with van der Waals surface area (Å²) in [5.74, 6) is 1.27. The van der Waals surface area contributed by atoms with Crippen LogP contribution in [0.5, 0.6) is 0 Å². The number of nitrogens with zero attached hydrogens (tertiary/aromatic N) is 3. The molecule has 1 aliphatic carbocycles. The summed E-state index contributed by atoms with van der Waals surface area (Å²) in [6, 6.07) is 3.99. The van der Waals surface area contributed by atoms with E-state index in [2.05, 4.69) is 14.5 Å². The molecule has 1 fully saturated rings. The number of halogens is 1. The minimum atomic E-state index is 0.402. The van der Waals surface area contributed by atoms with Gasteiger partial charge in [0, 0.05) is 12.2 Å². The van der Waals surface area contributed by atoms with Crippen molar-refractivity contribution in [3.63, 3.8) is 0 Å². The van der Waals surface area contributed by atoms with E-state index in [4.69, 9.17) is 16.3 Å². The molecule has 2 aromatic heterocycles. The Morgan fingerprint density at radius 2 is 2.05 bits per heavy atom. The second-order valence-corrected chi connectivity index (χ2v) is 6.01. The fraction of sp³-hybridized carbons (Fsp3) is 0.625. The molecule has 4 nitrogen and oxygen atoms in total. The minimum absolute atomic E-state index is 0.402. The molecule has 0 amide bonds. The highest BCUT2D eigenvalue weighted by atomic mass is 35.5. The zero-order chi connectivity index (χ0) is 14.7. The molecule has 1 aliphatic rings. The van der Waals surface area contributed by atoms with Gasteiger partial charge in [-0.3, -0.25) is 0 Å². The van der Waals surface area contributed by atoms with E-state index in [0.29, 0.717) is 18.6 Å². The second-order valence-electron chi connectivity index (χ2n) is 5.74. The van der Waals surface area contributed by atoms with E-state index in [1.54, 1.807) is 0 Å². The number of aryl methyl sites for hydroxylation is 1. The second kappa shape index (κ2) is 6.75. The third kappa shape index (κ3) is 3.38. The summed E-state index contributed by atoms with van der Waals surface area (Å²) in [6.45, 7) is 3.47. The van der Waals surface area contributed by atoms with Gasteiger partial charge in [0.15, 0.2) is 5.65 Å². The third-order valence-corrected chi connectivity index (χ3v) is 4.39. The Kier molecular flexibility index (Phi) is 4.76. The van der Waals surface area contributed by atoms with Crippen LogP contribution in [0.15, 0.2) is 12.1 Å². The molecule has 2 aromatic rings. The summed E-state index contributed by atoms with van der Waals surface area (Å²) in [7, 11) is 0. The molecule has 0 radical (unpaired) electrons. The minimum Gasteiger partial charge on any atom is -0.376 e. The zero-order valence-corrected chi connectivity index (χ0v) is 13.3. The van der Waals surface area contributed by atoms with Crippen LogP contribution in [0.4, 0.5) is 0 Å². The first-order chi connectivity index (χ1) is 10.3. The topological polar surface area (TPSA) is 39.9 Å². The largest absolute Gasteiger partial charge is 0.376 e. The first-order valence-electron chi connectivity index (χ1n) is 7.78. The maximum atomic E-state index is 6.02. The lowest BCUT2D eigenvalue weighted by molar-refractivity contribution is 0.0242. The number of alkyl halides is 1. The number of pyridine rings is 1. The van der Waals surface area contributed by atoms with Gasteiger partial charge in [-0.05, 0) is 31.9 Å². The van der Waals surface area contributed by atoms with Gasteiger partial charge in [0.05, 0.1) is 18.6 Å². The van der Waals surface area contributed by atoms with Gasteiger partial charge in [-0.25, -0.2) is 9.97 Å². The van der Waals surface area contributed by atoms with E-state index >= 15 is 0 Å². The molecule has 0 aliphatic heterocycles. The molecule has 0 spiro atoms. The van der Waals surface area contributed by atoms with Gasteiger partial charge in [-0.2, -0.15) is 0 Å². The number of ether oxygens (including phenoxy) is 1. The Bertz CT molecular complexity index is 605. The molecule has 5 heteroatoms. The number of fused-ring (bicyclic) bond motifs is 1. The van der Waals surface area contributed by atoms with Crippen molar-refractivity contribution in [2.45, 2.75) is 57.6 Å². The van der Waals surface area contributed by atoms with Gasteiger partial charge in [0.2, 0.25) is 0 Å². The van der Waals surface area contributed by atoms with Crippen molar-refractivity contribution in [2.24, 2.45) is 0 Å². The standard InChI is InChI=1S/C16H22ClN3O/c1-12-7-8-14-16(18-12)20(15(11-17)19-14)9-10-21-13-5-3-2-4-6-13/h7-8,13H,2-6,9-11H2,1H3. The summed E-state index contributed by atoms with van der Waals surface area (Å²) >= 11 is 6.02. The highest BCUT2D eigenvalue weighted by molar-refractivity contribution is 6.16. The zero-order valence-electron chi connectivity index (χ0n) is 12.5. The van der Waals surface area contributed by atoms with Crippen LogP contribution < -0.4 is 0 Å². The number of aromatic nitrogens is 3. The van der Waals surface area contributed by atoms with Crippen molar-refractivity contribution in [1.82, 2.24) is 14.5 Å². The van der Waals surface area contributed by atoms with Gasteiger partial charge in [0.1, 0.15) is 11.3 Å². The highest BCUT2D eigenvalue weighted by Gasteiger charge is 2.15. The Balaban J connectivity index is 1.71. The van der Waals surface area contributed by atoms with Crippen molar-refractivity contribution >= 4 is 22.8 Å². The van der Waals surface area contributed by atoms with E-state index in [1.165, 1.54) is 32.1 Å². The van der Waals surface area contributed by atoms with Crippen molar-refractivity contribution in [3.8, 4) is 0 Å². The van der Waals surface area contributed by atoms with E-state index in [9.17, 15) is 0 Å². The first-order valence-corrected chi connectivity index (χ1v) is 8.31. The predicted molar refractivity (Wildman–Crippen MR) is 84.6 cm³/mol.